The molecule has 0 spiro atoms. The molecule has 0 heterocycles. The van der Waals surface area contributed by atoms with Crippen molar-refractivity contribution in [2.45, 2.75) is 44.6 Å². The Morgan fingerprint density at radius 3 is 2.69 bits per heavy atom. The first-order valence-corrected chi connectivity index (χ1v) is 6.44. The molecule has 1 saturated carbocycles. The van der Waals surface area contributed by atoms with Crippen LogP contribution < -0.4 is 0 Å². The number of hydrogen-bond donors (Lipinski definition) is 1. The summed E-state index contributed by atoms with van der Waals surface area (Å²) in [6.07, 6.45) is 6.01. The summed E-state index contributed by atoms with van der Waals surface area (Å²) in [6.45, 7) is 1.90. The summed E-state index contributed by atoms with van der Waals surface area (Å²) in [4.78, 5) is 0. The zero-order chi connectivity index (χ0) is 11.6. The van der Waals surface area contributed by atoms with Crippen molar-refractivity contribution in [1.29, 1.82) is 0 Å². The van der Waals surface area contributed by atoms with Gasteiger partial charge in [0, 0.05) is 5.02 Å². The first-order chi connectivity index (χ1) is 7.58. The Hall–Kier alpha value is -0.530. The highest BCUT2D eigenvalue weighted by Gasteiger charge is 2.29. The zero-order valence-corrected chi connectivity index (χ0v) is 10.5. The monoisotopic (exact) mass is 238 g/mol. The van der Waals surface area contributed by atoms with E-state index in [2.05, 4.69) is 0 Å². The zero-order valence-electron chi connectivity index (χ0n) is 9.75. The molecule has 1 fully saturated rings. The maximum absolute atomic E-state index is 10.5. The fourth-order valence-corrected chi connectivity index (χ4v) is 2.91. The van der Waals surface area contributed by atoms with Gasteiger partial charge >= 0.3 is 0 Å². The molecular weight excluding hydrogens is 220 g/mol. The van der Waals surface area contributed by atoms with Crippen molar-refractivity contribution in [1.82, 2.24) is 0 Å². The molecule has 16 heavy (non-hydrogen) atoms. The van der Waals surface area contributed by atoms with Crippen molar-refractivity contribution in [3.05, 3.63) is 34.9 Å². The van der Waals surface area contributed by atoms with E-state index in [4.69, 9.17) is 11.6 Å². The van der Waals surface area contributed by atoms with Gasteiger partial charge in [-0.1, -0.05) is 49.4 Å². The first kappa shape index (κ1) is 11.9. The number of halogens is 1. The van der Waals surface area contributed by atoms with E-state index in [9.17, 15) is 5.11 Å². The van der Waals surface area contributed by atoms with Crippen LogP contribution in [0.25, 0.3) is 0 Å². The van der Waals surface area contributed by atoms with Gasteiger partial charge < -0.3 is 5.11 Å². The standard InChI is InChI=1S/C14H19ClO/c1-14(16,10-11-5-2-3-6-11)12-7-4-8-13(15)9-12/h4,7-9,11,16H,2-3,5-6,10H2,1H3. The van der Waals surface area contributed by atoms with Crippen LogP contribution in [-0.4, -0.2) is 5.11 Å². The summed E-state index contributed by atoms with van der Waals surface area (Å²) in [7, 11) is 0. The van der Waals surface area contributed by atoms with Crippen LogP contribution in [0.15, 0.2) is 24.3 Å². The minimum Gasteiger partial charge on any atom is -0.385 e. The smallest absolute Gasteiger partial charge is 0.0871 e. The molecule has 2 heteroatoms. The van der Waals surface area contributed by atoms with Crippen molar-refractivity contribution in [3.8, 4) is 0 Å². The van der Waals surface area contributed by atoms with Crippen molar-refractivity contribution < 1.29 is 5.11 Å². The first-order valence-electron chi connectivity index (χ1n) is 6.06. The summed E-state index contributed by atoms with van der Waals surface area (Å²) < 4.78 is 0. The van der Waals surface area contributed by atoms with Gasteiger partial charge in [0.05, 0.1) is 5.60 Å². The quantitative estimate of drug-likeness (QED) is 0.840. The maximum Gasteiger partial charge on any atom is 0.0871 e. The van der Waals surface area contributed by atoms with Gasteiger partial charge in [-0.25, -0.2) is 0 Å². The highest BCUT2D eigenvalue weighted by Crippen LogP contribution is 2.36. The van der Waals surface area contributed by atoms with E-state index in [0.717, 1.165) is 12.0 Å². The fraction of sp³-hybridized carbons (Fsp3) is 0.571. The number of hydrogen-bond acceptors (Lipinski definition) is 1. The minimum atomic E-state index is -0.736. The van der Waals surface area contributed by atoms with E-state index < -0.39 is 5.60 Å². The highest BCUT2D eigenvalue weighted by atomic mass is 35.5. The van der Waals surface area contributed by atoms with Gasteiger partial charge in [0.15, 0.2) is 0 Å². The number of aliphatic hydroxyl groups is 1. The van der Waals surface area contributed by atoms with Crippen LogP contribution in [0.4, 0.5) is 0 Å². The van der Waals surface area contributed by atoms with Gasteiger partial charge in [0.25, 0.3) is 0 Å². The SMILES string of the molecule is CC(O)(CC1CCCC1)c1cccc(Cl)c1. The average molecular weight is 239 g/mol. The van der Waals surface area contributed by atoms with Crippen LogP contribution in [0.1, 0.15) is 44.6 Å². The number of rotatable bonds is 3. The lowest BCUT2D eigenvalue weighted by Gasteiger charge is -2.27. The van der Waals surface area contributed by atoms with Gasteiger partial charge in [-0.05, 0) is 37.0 Å². The average Bonchev–Trinajstić information content (AvgIpc) is 2.70. The van der Waals surface area contributed by atoms with E-state index in [1.807, 2.05) is 31.2 Å². The van der Waals surface area contributed by atoms with Crippen molar-refractivity contribution in [2.75, 3.05) is 0 Å². The Balaban J connectivity index is 2.10. The van der Waals surface area contributed by atoms with Gasteiger partial charge in [0.1, 0.15) is 0 Å². The second kappa shape index (κ2) is 4.77. The maximum atomic E-state index is 10.5. The molecule has 1 unspecified atom stereocenters. The van der Waals surface area contributed by atoms with Crippen LogP contribution in [-0.2, 0) is 5.60 Å². The Labute approximate surface area is 102 Å². The second-order valence-corrected chi connectivity index (χ2v) is 5.58. The van der Waals surface area contributed by atoms with E-state index >= 15 is 0 Å². The molecule has 1 aromatic rings. The van der Waals surface area contributed by atoms with Gasteiger partial charge in [0.2, 0.25) is 0 Å². The van der Waals surface area contributed by atoms with Crippen LogP contribution in [0.3, 0.4) is 0 Å². The van der Waals surface area contributed by atoms with Gasteiger partial charge in [-0.15, -0.1) is 0 Å². The highest BCUT2D eigenvalue weighted by molar-refractivity contribution is 6.30. The predicted octanol–water partition coefficient (Wildman–Crippen LogP) is 4.13. The third kappa shape index (κ3) is 2.78. The molecule has 1 aliphatic carbocycles. The van der Waals surface area contributed by atoms with E-state index in [0.29, 0.717) is 10.9 Å². The summed E-state index contributed by atoms with van der Waals surface area (Å²) >= 11 is 5.96. The Kier molecular flexibility index (Phi) is 3.56. The molecule has 88 valence electrons. The lowest BCUT2D eigenvalue weighted by atomic mass is 9.85. The summed E-state index contributed by atoms with van der Waals surface area (Å²) in [5.41, 5.74) is 0.201. The minimum absolute atomic E-state index is 0.675. The summed E-state index contributed by atoms with van der Waals surface area (Å²) in [5.74, 6) is 0.675. The topological polar surface area (TPSA) is 20.2 Å². The molecule has 1 aromatic carbocycles. The molecule has 0 bridgehead atoms. The molecule has 1 atom stereocenters. The number of benzene rings is 1. The predicted molar refractivity (Wildman–Crippen MR) is 67.6 cm³/mol. The molecule has 1 nitrogen and oxygen atoms in total. The lowest BCUT2D eigenvalue weighted by molar-refractivity contribution is 0.0308. The molecule has 0 aromatic heterocycles. The largest absolute Gasteiger partial charge is 0.385 e. The third-order valence-corrected chi connectivity index (χ3v) is 3.84. The van der Waals surface area contributed by atoms with Crippen LogP contribution in [0.2, 0.25) is 5.02 Å². The molecule has 0 amide bonds. The van der Waals surface area contributed by atoms with Crippen LogP contribution in [0, 0.1) is 5.92 Å². The fourth-order valence-electron chi connectivity index (χ4n) is 2.72. The Morgan fingerprint density at radius 1 is 1.38 bits per heavy atom. The van der Waals surface area contributed by atoms with Gasteiger partial charge in [-0.2, -0.15) is 0 Å². The Morgan fingerprint density at radius 2 is 2.06 bits per heavy atom. The molecule has 1 aliphatic rings. The van der Waals surface area contributed by atoms with Crippen molar-refractivity contribution in [2.24, 2.45) is 5.92 Å². The van der Waals surface area contributed by atoms with E-state index in [1.54, 1.807) is 0 Å². The molecule has 1 N–H and O–H groups in total. The van der Waals surface area contributed by atoms with Gasteiger partial charge in [-0.3, -0.25) is 0 Å². The Bertz CT molecular complexity index is 354. The van der Waals surface area contributed by atoms with E-state index in [-0.39, 0.29) is 0 Å². The molecule has 0 saturated heterocycles. The lowest BCUT2D eigenvalue weighted by Crippen LogP contribution is -2.24. The third-order valence-electron chi connectivity index (χ3n) is 3.61. The van der Waals surface area contributed by atoms with Crippen LogP contribution >= 0.6 is 11.6 Å². The normalized spacial score (nSPS) is 20.9. The summed E-state index contributed by atoms with van der Waals surface area (Å²) in [5, 5.41) is 11.2. The van der Waals surface area contributed by atoms with Crippen LogP contribution in [0.5, 0.6) is 0 Å². The molecule has 2 rings (SSSR count). The summed E-state index contributed by atoms with van der Waals surface area (Å²) in [6, 6.07) is 7.58. The molecule has 0 radical (unpaired) electrons. The molecule has 0 aliphatic heterocycles. The van der Waals surface area contributed by atoms with Crippen molar-refractivity contribution >= 4 is 11.6 Å². The van der Waals surface area contributed by atoms with E-state index in [1.165, 1.54) is 25.7 Å². The van der Waals surface area contributed by atoms with Crippen molar-refractivity contribution in [3.63, 3.8) is 0 Å². The molecular formula is C14H19ClO. The second-order valence-electron chi connectivity index (χ2n) is 5.14.